The Morgan fingerprint density at radius 2 is 2.16 bits per heavy atom. The number of fused-ring (bicyclic) bond motifs is 1. The Balaban J connectivity index is 1.96. The van der Waals surface area contributed by atoms with Gasteiger partial charge in [0.05, 0.1) is 11.9 Å². The monoisotopic (exact) mass is 256 g/mol. The van der Waals surface area contributed by atoms with Crippen LogP contribution in [0.1, 0.15) is 11.5 Å². The Kier molecular flexibility index (Phi) is 3.05. The number of rotatable bonds is 4. The van der Waals surface area contributed by atoms with Gasteiger partial charge in [0.25, 0.3) is 0 Å². The van der Waals surface area contributed by atoms with E-state index in [1.54, 1.807) is 4.52 Å². The molecule has 5 heteroatoms. The van der Waals surface area contributed by atoms with E-state index < -0.39 is 0 Å². The minimum Gasteiger partial charge on any atom is -0.460 e. The van der Waals surface area contributed by atoms with Crippen molar-refractivity contribution in [3.8, 4) is 11.5 Å². The number of imidazole rings is 1. The predicted molar refractivity (Wildman–Crippen MR) is 73.1 cm³/mol. The smallest absolute Gasteiger partial charge is 0.154 e. The summed E-state index contributed by atoms with van der Waals surface area (Å²) in [5.41, 5.74) is 2.71. The lowest BCUT2D eigenvalue weighted by molar-refractivity contribution is 0.545. The molecule has 3 aromatic rings. The molecule has 0 aliphatic rings. The van der Waals surface area contributed by atoms with Crippen molar-refractivity contribution >= 4 is 5.65 Å². The van der Waals surface area contributed by atoms with Crippen LogP contribution in [0.25, 0.3) is 17.1 Å². The number of aryl methyl sites for hydroxylation is 1. The molecule has 0 aliphatic heterocycles. The van der Waals surface area contributed by atoms with Crippen LogP contribution in [0.15, 0.2) is 34.9 Å². The van der Waals surface area contributed by atoms with E-state index in [-0.39, 0.29) is 0 Å². The van der Waals surface area contributed by atoms with Crippen LogP contribution in [0.4, 0.5) is 0 Å². The molecule has 0 amide bonds. The van der Waals surface area contributed by atoms with E-state index in [4.69, 9.17) is 4.42 Å². The molecule has 3 rings (SSSR count). The first-order chi connectivity index (χ1) is 9.26. The quantitative estimate of drug-likeness (QED) is 0.776. The Labute approximate surface area is 111 Å². The Morgan fingerprint density at radius 3 is 2.89 bits per heavy atom. The second kappa shape index (κ2) is 4.85. The summed E-state index contributed by atoms with van der Waals surface area (Å²) in [7, 11) is 1.94. The van der Waals surface area contributed by atoms with Crippen molar-refractivity contribution < 1.29 is 4.42 Å². The van der Waals surface area contributed by atoms with E-state index in [0.29, 0.717) is 0 Å². The van der Waals surface area contributed by atoms with Gasteiger partial charge in [0.2, 0.25) is 0 Å². The van der Waals surface area contributed by atoms with Crippen LogP contribution < -0.4 is 5.32 Å². The van der Waals surface area contributed by atoms with Crippen molar-refractivity contribution in [1.29, 1.82) is 0 Å². The summed E-state index contributed by atoms with van der Waals surface area (Å²) >= 11 is 0. The van der Waals surface area contributed by atoms with E-state index in [1.807, 2.05) is 44.4 Å². The van der Waals surface area contributed by atoms with Gasteiger partial charge in [0.1, 0.15) is 11.5 Å². The molecule has 1 N–H and O–H groups in total. The SMILES string of the molecule is CNCCc1cn2nc(-c3ccc(C)o3)ccc2n1. The molecule has 0 fully saturated rings. The van der Waals surface area contributed by atoms with Gasteiger partial charge in [-0.1, -0.05) is 0 Å². The highest BCUT2D eigenvalue weighted by molar-refractivity contribution is 5.54. The van der Waals surface area contributed by atoms with Crippen molar-refractivity contribution in [2.45, 2.75) is 13.3 Å². The van der Waals surface area contributed by atoms with Crippen LogP contribution in [0, 0.1) is 6.92 Å². The summed E-state index contributed by atoms with van der Waals surface area (Å²) in [5.74, 6) is 1.67. The first-order valence-electron chi connectivity index (χ1n) is 6.33. The molecule has 3 heterocycles. The van der Waals surface area contributed by atoms with Gasteiger partial charge in [-0.05, 0) is 38.2 Å². The molecule has 0 aliphatic carbocycles. The van der Waals surface area contributed by atoms with E-state index in [1.165, 1.54) is 0 Å². The summed E-state index contributed by atoms with van der Waals surface area (Å²) in [6, 6.07) is 7.77. The third-order valence-electron chi connectivity index (χ3n) is 2.99. The minimum absolute atomic E-state index is 0.782. The lowest BCUT2D eigenvalue weighted by atomic mass is 10.3. The molecule has 98 valence electrons. The Morgan fingerprint density at radius 1 is 1.26 bits per heavy atom. The first kappa shape index (κ1) is 11.9. The molecule has 0 bridgehead atoms. The minimum atomic E-state index is 0.782. The molecule has 0 saturated carbocycles. The van der Waals surface area contributed by atoms with Gasteiger partial charge in [0, 0.05) is 13.0 Å². The highest BCUT2D eigenvalue weighted by Crippen LogP contribution is 2.20. The molecule has 5 nitrogen and oxygen atoms in total. The summed E-state index contributed by atoms with van der Waals surface area (Å²) in [4.78, 5) is 4.52. The summed E-state index contributed by atoms with van der Waals surface area (Å²) < 4.78 is 7.39. The molecule has 0 saturated heterocycles. The van der Waals surface area contributed by atoms with Gasteiger partial charge in [-0.3, -0.25) is 0 Å². The van der Waals surface area contributed by atoms with E-state index in [9.17, 15) is 0 Å². The standard InChI is InChI=1S/C14H16N4O/c1-10-3-5-13(19-10)12-4-6-14-16-11(7-8-15-2)9-18(14)17-12/h3-6,9,15H,7-8H2,1-2H3. The van der Waals surface area contributed by atoms with E-state index in [0.717, 1.165) is 41.5 Å². The number of likely N-dealkylation sites (N-methyl/N-ethyl adjacent to an activating group) is 1. The largest absolute Gasteiger partial charge is 0.460 e. The number of nitrogens with zero attached hydrogens (tertiary/aromatic N) is 3. The van der Waals surface area contributed by atoms with Crippen molar-refractivity contribution in [1.82, 2.24) is 19.9 Å². The van der Waals surface area contributed by atoms with Crippen LogP contribution in [-0.2, 0) is 6.42 Å². The van der Waals surface area contributed by atoms with E-state index >= 15 is 0 Å². The van der Waals surface area contributed by atoms with Crippen LogP contribution in [0.3, 0.4) is 0 Å². The maximum absolute atomic E-state index is 5.58. The molecule has 0 radical (unpaired) electrons. The van der Waals surface area contributed by atoms with Gasteiger partial charge in [-0.15, -0.1) is 0 Å². The topological polar surface area (TPSA) is 55.4 Å². The first-order valence-corrected chi connectivity index (χ1v) is 6.33. The highest BCUT2D eigenvalue weighted by atomic mass is 16.3. The summed E-state index contributed by atoms with van der Waals surface area (Å²) in [6.07, 6.45) is 2.86. The molecular weight excluding hydrogens is 240 g/mol. The van der Waals surface area contributed by atoms with Crippen molar-refractivity contribution in [3.63, 3.8) is 0 Å². The lowest BCUT2D eigenvalue weighted by Gasteiger charge is -1.97. The third kappa shape index (κ3) is 2.37. The zero-order valence-electron chi connectivity index (χ0n) is 11.1. The van der Waals surface area contributed by atoms with Crippen LogP contribution in [-0.4, -0.2) is 28.2 Å². The lowest BCUT2D eigenvalue weighted by Crippen LogP contribution is -2.10. The number of hydrogen-bond donors (Lipinski definition) is 1. The molecule has 0 aromatic carbocycles. The predicted octanol–water partition coefficient (Wildman–Crippen LogP) is 2.06. The van der Waals surface area contributed by atoms with Crippen LogP contribution in [0.2, 0.25) is 0 Å². The molecule has 19 heavy (non-hydrogen) atoms. The number of hydrogen-bond acceptors (Lipinski definition) is 4. The molecule has 0 atom stereocenters. The average molecular weight is 256 g/mol. The molecular formula is C14H16N4O. The zero-order chi connectivity index (χ0) is 13.2. The van der Waals surface area contributed by atoms with Crippen LogP contribution >= 0.6 is 0 Å². The molecule has 0 unspecified atom stereocenters. The number of aromatic nitrogens is 3. The van der Waals surface area contributed by atoms with Gasteiger partial charge in [0.15, 0.2) is 11.4 Å². The van der Waals surface area contributed by atoms with Crippen molar-refractivity contribution in [3.05, 3.63) is 41.9 Å². The zero-order valence-corrected chi connectivity index (χ0v) is 11.1. The number of furan rings is 1. The van der Waals surface area contributed by atoms with Crippen molar-refractivity contribution in [2.75, 3.05) is 13.6 Å². The summed E-state index contributed by atoms with van der Waals surface area (Å²) in [6.45, 7) is 2.84. The second-order valence-corrected chi connectivity index (χ2v) is 4.52. The van der Waals surface area contributed by atoms with Gasteiger partial charge in [-0.25, -0.2) is 9.50 Å². The summed E-state index contributed by atoms with van der Waals surface area (Å²) in [5, 5.41) is 7.64. The normalized spacial score (nSPS) is 11.3. The van der Waals surface area contributed by atoms with Crippen LogP contribution in [0.5, 0.6) is 0 Å². The fourth-order valence-electron chi connectivity index (χ4n) is 2.01. The average Bonchev–Trinajstić information content (AvgIpc) is 3.01. The second-order valence-electron chi connectivity index (χ2n) is 4.52. The fourth-order valence-corrected chi connectivity index (χ4v) is 2.01. The fraction of sp³-hybridized carbons (Fsp3) is 0.286. The maximum atomic E-state index is 5.58. The highest BCUT2D eigenvalue weighted by Gasteiger charge is 2.07. The maximum Gasteiger partial charge on any atom is 0.154 e. The third-order valence-corrected chi connectivity index (χ3v) is 2.99. The van der Waals surface area contributed by atoms with Gasteiger partial charge in [-0.2, -0.15) is 5.10 Å². The molecule has 0 spiro atoms. The number of nitrogens with one attached hydrogen (secondary N) is 1. The van der Waals surface area contributed by atoms with Gasteiger partial charge >= 0.3 is 0 Å². The Bertz CT molecular complexity index is 698. The van der Waals surface area contributed by atoms with Crippen molar-refractivity contribution in [2.24, 2.45) is 0 Å². The Hall–Kier alpha value is -2.14. The molecule has 3 aromatic heterocycles. The van der Waals surface area contributed by atoms with Gasteiger partial charge < -0.3 is 9.73 Å². The van der Waals surface area contributed by atoms with E-state index in [2.05, 4.69) is 15.4 Å².